The number of nitrogens with one attached hydrogen (secondary N) is 1. The second-order valence-corrected chi connectivity index (χ2v) is 7.28. The summed E-state index contributed by atoms with van der Waals surface area (Å²) >= 11 is 3.42. The number of halogens is 1. The molecule has 8 heteroatoms. The molecule has 0 aromatic heterocycles. The first-order valence-electron chi connectivity index (χ1n) is 9.28. The van der Waals surface area contributed by atoms with Crippen LogP contribution in [0.3, 0.4) is 0 Å². The Balaban J connectivity index is 1.66. The van der Waals surface area contributed by atoms with Gasteiger partial charge in [-0.05, 0) is 52.3 Å². The van der Waals surface area contributed by atoms with Crippen LogP contribution in [0.5, 0.6) is 5.75 Å². The lowest BCUT2D eigenvalue weighted by atomic mass is 10.1. The van der Waals surface area contributed by atoms with Crippen molar-refractivity contribution < 1.29 is 23.8 Å². The number of hydrogen-bond donors (Lipinski definition) is 1. The number of anilines is 1. The van der Waals surface area contributed by atoms with Gasteiger partial charge in [-0.3, -0.25) is 9.59 Å². The zero-order chi connectivity index (χ0) is 20.6. The van der Waals surface area contributed by atoms with E-state index in [9.17, 15) is 9.59 Å². The van der Waals surface area contributed by atoms with Crippen LogP contribution >= 0.6 is 15.9 Å². The lowest BCUT2D eigenvalue weighted by molar-refractivity contribution is 0.0303. The monoisotopic (exact) mass is 462 g/mol. The maximum absolute atomic E-state index is 12.6. The summed E-state index contributed by atoms with van der Waals surface area (Å²) in [5.41, 5.74) is 1.57. The highest BCUT2D eigenvalue weighted by atomic mass is 79.9. The third-order valence-electron chi connectivity index (χ3n) is 4.40. The van der Waals surface area contributed by atoms with E-state index in [2.05, 4.69) is 21.2 Å². The van der Waals surface area contributed by atoms with Gasteiger partial charge < -0.3 is 24.4 Å². The van der Waals surface area contributed by atoms with E-state index < -0.39 is 0 Å². The van der Waals surface area contributed by atoms with Crippen LogP contribution in [0.2, 0.25) is 0 Å². The molecule has 2 amide bonds. The predicted molar refractivity (Wildman–Crippen MR) is 113 cm³/mol. The minimum atomic E-state index is -0.273. The molecule has 0 saturated carbocycles. The fourth-order valence-electron chi connectivity index (χ4n) is 2.88. The van der Waals surface area contributed by atoms with Gasteiger partial charge in [-0.1, -0.05) is 6.07 Å². The third-order valence-corrected chi connectivity index (χ3v) is 5.02. The van der Waals surface area contributed by atoms with Crippen molar-refractivity contribution in [2.45, 2.75) is 0 Å². The molecule has 2 aromatic rings. The van der Waals surface area contributed by atoms with E-state index in [1.54, 1.807) is 54.5 Å². The number of benzene rings is 2. The standard InChI is InChI=1S/C21H23BrN2O5/c1-27-11-12-29-19-6-5-15(14-18(19)22)20(25)23-17-4-2-3-16(13-17)21(26)24-7-9-28-10-8-24/h2-6,13-14H,7-12H2,1H3,(H,23,25). The number of nitrogens with zero attached hydrogens (tertiary/aromatic N) is 1. The van der Waals surface area contributed by atoms with Gasteiger partial charge in [0.25, 0.3) is 11.8 Å². The molecule has 2 aromatic carbocycles. The molecule has 1 aliphatic heterocycles. The topological polar surface area (TPSA) is 77.1 Å². The number of rotatable bonds is 7. The number of carbonyl (C=O) groups is 2. The molecule has 3 rings (SSSR count). The summed E-state index contributed by atoms with van der Waals surface area (Å²) in [4.78, 5) is 27.0. The largest absolute Gasteiger partial charge is 0.490 e. The maximum Gasteiger partial charge on any atom is 0.255 e. The van der Waals surface area contributed by atoms with Crippen LogP contribution in [0.15, 0.2) is 46.9 Å². The molecular formula is C21H23BrN2O5. The molecule has 1 N–H and O–H groups in total. The van der Waals surface area contributed by atoms with E-state index in [1.165, 1.54) is 0 Å². The molecule has 0 unspecified atom stereocenters. The molecule has 0 spiro atoms. The molecular weight excluding hydrogens is 440 g/mol. The number of ether oxygens (including phenoxy) is 3. The molecule has 0 radical (unpaired) electrons. The smallest absolute Gasteiger partial charge is 0.255 e. The van der Waals surface area contributed by atoms with Gasteiger partial charge in [-0.2, -0.15) is 0 Å². The third kappa shape index (κ3) is 5.79. The highest BCUT2D eigenvalue weighted by Gasteiger charge is 2.19. The fourth-order valence-corrected chi connectivity index (χ4v) is 3.37. The van der Waals surface area contributed by atoms with Crippen LogP contribution in [0.1, 0.15) is 20.7 Å². The second-order valence-electron chi connectivity index (χ2n) is 6.43. The summed E-state index contributed by atoms with van der Waals surface area (Å²) in [6, 6.07) is 12.1. The molecule has 1 saturated heterocycles. The normalized spacial score (nSPS) is 13.8. The van der Waals surface area contributed by atoms with Crippen LogP contribution in [-0.4, -0.2) is 63.3 Å². The first kappa shape index (κ1) is 21.3. The lowest BCUT2D eigenvalue weighted by Gasteiger charge is -2.27. The number of morpholine rings is 1. The first-order valence-corrected chi connectivity index (χ1v) is 10.1. The van der Waals surface area contributed by atoms with Gasteiger partial charge in [0.1, 0.15) is 12.4 Å². The van der Waals surface area contributed by atoms with Gasteiger partial charge in [-0.15, -0.1) is 0 Å². The average molecular weight is 463 g/mol. The average Bonchev–Trinajstić information content (AvgIpc) is 2.75. The molecule has 154 valence electrons. The summed E-state index contributed by atoms with van der Waals surface area (Å²) < 4.78 is 16.5. The van der Waals surface area contributed by atoms with Crippen molar-refractivity contribution in [3.8, 4) is 5.75 Å². The molecule has 1 heterocycles. The van der Waals surface area contributed by atoms with Crippen molar-refractivity contribution >= 4 is 33.4 Å². The fraction of sp³-hybridized carbons (Fsp3) is 0.333. The number of carbonyl (C=O) groups excluding carboxylic acids is 2. The molecule has 29 heavy (non-hydrogen) atoms. The van der Waals surface area contributed by atoms with Crippen LogP contribution in [-0.2, 0) is 9.47 Å². The summed E-state index contributed by atoms with van der Waals surface area (Å²) in [5.74, 6) is 0.298. The van der Waals surface area contributed by atoms with Crippen molar-refractivity contribution in [2.75, 3.05) is 51.9 Å². The van der Waals surface area contributed by atoms with Gasteiger partial charge in [-0.25, -0.2) is 0 Å². The van der Waals surface area contributed by atoms with Crippen molar-refractivity contribution in [3.05, 3.63) is 58.1 Å². The van der Waals surface area contributed by atoms with E-state index >= 15 is 0 Å². The Hall–Kier alpha value is -2.42. The summed E-state index contributed by atoms with van der Waals surface area (Å²) in [7, 11) is 1.61. The molecule has 0 aliphatic carbocycles. The van der Waals surface area contributed by atoms with E-state index in [0.29, 0.717) is 66.6 Å². The van der Waals surface area contributed by atoms with Crippen LogP contribution in [0, 0.1) is 0 Å². The number of hydrogen-bond acceptors (Lipinski definition) is 5. The Morgan fingerprint density at radius 2 is 1.90 bits per heavy atom. The summed E-state index contributed by atoms with van der Waals surface area (Å²) in [6.07, 6.45) is 0. The lowest BCUT2D eigenvalue weighted by Crippen LogP contribution is -2.40. The zero-order valence-corrected chi connectivity index (χ0v) is 17.7. The van der Waals surface area contributed by atoms with Gasteiger partial charge in [0.05, 0.1) is 24.3 Å². The molecule has 0 atom stereocenters. The van der Waals surface area contributed by atoms with Crippen molar-refractivity contribution in [3.63, 3.8) is 0 Å². The molecule has 1 aliphatic rings. The Morgan fingerprint density at radius 1 is 1.10 bits per heavy atom. The van der Waals surface area contributed by atoms with Gasteiger partial charge in [0, 0.05) is 37.0 Å². The van der Waals surface area contributed by atoms with Crippen molar-refractivity contribution in [1.82, 2.24) is 4.90 Å². The van der Waals surface area contributed by atoms with Crippen molar-refractivity contribution in [2.24, 2.45) is 0 Å². The van der Waals surface area contributed by atoms with Gasteiger partial charge in [0.2, 0.25) is 0 Å². The van der Waals surface area contributed by atoms with E-state index in [-0.39, 0.29) is 11.8 Å². The highest BCUT2D eigenvalue weighted by molar-refractivity contribution is 9.10. The minimum absolute atomic E-state index is 0.0651. The van der Waals surface area contributed by atoms with E-state index in [0.717, 1.165) is 0 Å². The van der Waals surface area contributed by atoms with Crippen LogP contribution < -0.4 is 10.1 Å². The molecule has 1 fully saturated rings. The predicted octanol–water partition coefficient (Wildman–Crippen LogP) is 3.20. The highest BCUT2D eigenvalue weighted by Crippen LogP contribution is 2.26. The first-order chi connectivity index (χ1) is 14.1. The molecule has 0 bridgehead atoms. The van der Waals surface area contributed by atoms with Crippen LogP contribution in [0.25, 0.3) is 0 Å². The summed E-state index contributed by atoms with van der Waals surface area (Å²) in [5, 5.41) is 2.84. The molecule has 7 nitrogen and oxygen atoms in total. The van der Waals surface area contributed by atoms with Gasteiger partial charge in [0.15, 0.2) is 0 Å². The SMILES string of the molecule is COCCOc1ccc(C(=O)Nc2cccc(C(=O)N3CCOCC3)c2)cc1Br. The van der Waals surface area contributed by atoms with E-state index in [4.69, 9.17) is 14.2 Å². The Labute approximate surface area is 178 Å². The van der Waals surface area contributed by atoms with Crippen LogP contribution in [0.4, 0.5) is 5.69 Å². The second kappa shape index (κ2) is 10.4. The number of amides is 2. The Bertz CT molecular complexity index is 868. The minimum Gasteiger partial charge on any atom is -0.490 e. The van der Waals surface area contributed by atoms with E-state index in [1.807, 2.05) is 0 Å². The summed E-state index contributed by atoms with van der Waals surface area (Å²) in [6.45, 7) is 3.13. The number of methoxy groups -OCH3 is 1. The Kier molecular flexibility index (Phi) is 7.62. The van der Waals surface area contributed by atoms with Gasteiger partial charge >= 0.3 is 0 Å². The Morgan fingerprint density at radius 3 is 2.62 bits per heavy atom. The van der Waals surface area contributed by atoms with Crippen molar-refractivity contribution in [1.29, 1.82) is 0 Å². The zero-order valence-electron chi connectivity index (χ0n) is 16.2. The maximum atomic E-state index is 12.6. The quantitative estimate of drug-likeness (QED) is 0.639.